The number of nitrogens with zero attached hydrogens (tertiary/aromatic N) is 1. The third-order valence-corrected chi connectivity index (χ3v) is 6.90. The van der Waals surface area contributed by atoms with Gasteiger partial charge in [-0.2, -0.15) is 0 Å². The van der Waals surface area contributed by atoms with Gasteiger partial charge in [-0.1, -0.05) is 23.2 Å². The summed E-state index contributed by atoms with van der Waals surface area (Å²) in [5.41, 5.74) is 0.712. The first kappa shape index (κ1) is 19.3. The van der Waals surface area contributed by atoms with Gasteiger partial charge in [0.25, 0.3) is 0 Å². The lowest BCUT2D eigenvalue weighted by Gasteiger charge is -2.13. The second kappa shape index (κ2) is 8.87. The molecule has 0 aliphatic heterocycles. The summed E-state index contributed by atoms with van der Waals surface area (Å²) in [7, 11) is 2.57. The molecular weight excluding hydrogens is 490 g/mol. The van der Waals surface area contributed by atoms with Crippen molar-refractivity contribution in [2.24, 2.45) is 0 Å². The van der Waals surface area contributed by atoms with Gasteiger partial charge in [0.05, 0.1) is 14.3 Å². The van der Waals surface area contributed by atoms with Crippen LogP contribution in [-0.2, 0) is 11.0 Å². The number of thiophene rings is 1. The van der Waals surface area contributed by atoms with Crippen LogP contribution in [0.4, 0.5) is 5.69 Å². The Morgan fingerprint density at radius 2 is 2.09 bits per heavy atom. The zero-order valence-electron chi connectivity index (χ0n) is 12.4. The van der Waals surface area contributed by atoms with E-state index in [0.717, 1.165) is 15.9 Å². The van der Waals surface area contributed by atoms with Crippen molar-refractivity contribution >= 4 is 73.8 Å². The van der Waals surface area contributed by atoms with Crippen LogP contribution in [0, 0.1) is 3.57 Å². The molecule has 1 unspecified atom stereocenters. The maximum absolute atomic E-state index is 12.3. The summed E-state index contributed by atoms with van der Waals surface area (Å²) in [6.45, 7) is 1.41. The van der Waals surface area contributed by atoms with Crippen LogP contribution >= 0.6 is 57.1 Å². The molecule has 1 N–H and O–H groups in total. The molecule has 0 radical (unpaired) electrons. The minimum Gasteiger partial charge on any atom is -0.491 e. The molecule has 0 saturated carbocycles. The Balaban J connectivity index is 2.06. The van der Waals surface area contributed by atoms with Gasteiger partial charge in [-0.25, -0.2) is 4.21 Å². The molecule has 1 aromatic heterocycles. The van der Waals surface area contributed by atoms with Gasteiger partial charge in [-0.15, -0.1) is 11.3 Å². The molecule has 0 saturated heterocycles. The fourth-order valence-electron chi connectivity index (χ4n) is 1.59. The van der Waals surface area contributed by atoms with E-state index in [9.17, 15) is 4.21 Å². The Bertz CT molecular complexity index is 691. The first-order chi connectivity index (χ1) is 10.9. The minimum absolute atomic E-state index is 0.414. The molecule has 9 heteroatoms. The van der Waals surface area contributed by atoms with Crippen LogP contribution in [0.3, 0.4) is 0 Å². The number of rotatable bonds is 7. The molecule has 0 fully saturated rings. The lowest BCUT2D eigenvalue weighted by atomic mass is 10.3. The Hall–Kier alpha value is -0.0600. The average Bonchev–Trinajstić information content (AvgIpc) is 2.82. The van der Waals surface area contributed by atoms with E-state index in [1.807, 2.05) is 37.2 Å². The number of ether oxygens (including phenoxy) is 1. The van der Waals surface area contributed by atoms with Crippen LogP contribution < -0.4 is 9.46 Å². The standard InChI is InChI=1S/C14H15Cl2IN2O2S2/c1-19(2)5-6-21-12-7-9(3-4-11(12)17)18-23(20)13-8-10(15)14(16)22-13/h3-4,7-8,18H,5-6H2,1-2H3. The van der Waals surface area contributed by atoms with E-state index in [-0.39, 0.29) is 0 Å². The van der Waals surface area contributed by atoms with Crippen LogP contribution in [0.25, 0.3) is 0 Å². The lowest BCUT2D eigenvalue weighted by Crippen LogP contribution is -2.19. The van der Waals surface area contributed by atoms with E-state index in [4.69, 9.17) is 27.9 Å². The monoisotopic (exact) mass is 504 g/mol. The zero-order valence-corrected chi connectivity index (χ0v) is 17.7. The highest BCUT2D eigenvalue weighted by Crippen LogP contribution is 2.34. The van der Waals surface area contributed by atoms with E-state index in [2.05, 4.69) is 27.3 Å². The van der Waals surface area contributed by atoms with Crippen molar-refractivity contribution in [3.8, 4) is 5.75 Å². The molecule has 1 atom stereocenters. The largest absolute Gasteiger partial charge is 0.491 e. The van der Waals surface area contributed by atoms with Crippen LogP contribution in [0.1, 0.15) is 0 Å². The van der Waals surface area contributed by atoms with Crippen LogP contribution in [0.2, 0.25) is 9.36 Å². The first-order valence-electron chi connectivity index (χ1n) is 6.57. The van der Waals surface area contributed by atoms with Crippen LogP contribution in [0.15, 0.2) is 28.5 Å². The number of hydrogen-bond acceptors (Lipinski definition) is 4. The fourth-order valence-corrected chi connectivity index (χ4v) is 4.73. The molecule has 2 rings (SSSR count). The molecule has 2 aromatic rings. The Morgan fingerprint density at radius 3 is 2.70 bits per heavy atom. The molecule has 0 aliphatic carbocycles. The van der Waals surface area contributed by atoms with Gasteiger partial charge in [0.2, 0.25) is 0 Å². The average molecular weight is 505 g/mol. The summed E-state index contributed by atoms with van der Waals surface area (Å²) >= 11 is 15.2. The summed E-state index contributed by atoms with van der Waals surface area (Å²) in [6.07, 6.45) is 0. The van der Waals surface area contributed by atoms with Crippen LogP contribution in [0.5, 0.6) is 5.75 Å². The summed E-state index contributed by atoms with van der Waals surface area (Å²) < 4.78 is 23.0. The number of halogens is 3. The van der Waals surface area contributed by atoms with Gasteiger partial charge in [-0.05, 0) is 54.9 Å². The number of benzene rings is 1. The third-order valence-electron chi connectivity index (χ3n) is 2.74. The van der Waals surface area contributed by atoms with Crippen molar-refractivity contribution in [2.45, 2.75) is 4.21 Å². The fraction of sp³-hybridized carbons (Fsp3) is 0.286. The summed E-state index contributed by atoms with van der Waals surface area (Å²) in [4.78, 5) is 2.05. The Kier molecular flexibility index (Phi) is 7.43. The van der Waals surface area contributed by atoms with Gasteiger partial charge in [0.15, 0.2) is 11.0 Å². The van der Waals surface area contributed by atoms with E-state index in [0.29, 0.717) is 25.9 Å². The molecule has 1 aromatic carbocycles. The molecule has 0 amide bonds. The highest BCUT2D eigenvalue weighted by atomic mass is 127. The summed E-state index contributed by atoms with van der Waals surface area (Å²) in [5, 5.41) is 0.414. The van der Waals surface area contributed by atoms with E-state index in [1.54, 1.807) is 6.07 Å². The zero-order chi connectivity index (χ0) is 17.0. The molecule has 0 spiro atoms. The number of likely N-dealkylation sites (N-methyl/N-ethyl adjacent to an activating group) is 1. The maximum atomic E-state index is 12.3. The molecule has 4 nitrogen and oxygen atoms in total. The molecule has 126 valence electrons. The second-order valence-electron chi connectivity index (χ2n) is 4.85. The summed E-state index contributed by atoms with van der Waals surface area (Å²) in [6, 6.07) is 7.22. The van der Waals surface area contributed by atoms with Crippen molar-refractivity contribution < 1.29 is 8.95 Å². The van der Waals surface area contributed by atoms with Gasteiger partial charge >= 0.3 is 0 Å². The third kappa shape index (κ3) is 5.75. The van der Waals surface area contributed by atoms with Crippen molar-refractivity contribution in [1.82, 2.24) is 4.90 Å². The van der Waals surface area contributed by atoms with Gasteiger partial charge < -0.3 is 14.4 Å². The molecule has 1 heterocycles. The normalized spacial score (nSPS) is 12.4. The molecule has 0 bridgehead atoms. The highest BCUT2D eigenvalue weighted by molar-refractivity contribution is 14.1. The van der Waals surface area contributed by atoms with Crippen molar-refractivity contribution in [3.63, 3.8) is 0 Å². The van der Waals surface area contributed by atoms with Crippen LogP contribution in [-0.4, -0.2) is 36.4 Å². The van der Waals surface area contributed by atoms with Crippen molar-refractivity contribution in [2.75, 3.05) is 32.0 Å². The van der Waals surface area contributed by atoms with Gasteiger partial charge in [0, 0.05) is 12.6 Å². The Morgan fingerprint density at radius 1 is 1.35 bits per heavy atom. The second-order valence-corrected chi connectivity index (χ2v) is 9.52. The van der Waals surface area contributed by atoms with E-state index < -0.39 is 11.0 Å². The van der Waals surface area contributed by atoms with Crippen molar-refractivity contribution in [3.05, 3.63) is 37.2 Å². The first-order valence-corrected chi connectivity index (χ1v) is 10.4. The number of nitrogens with one attached hydrogen (secondary N) is 1. The predicted octanol–water partition coefficient (Wildman–Crippen LogP) is 4.73. The van der Waals surface area contributed by atoms with Crippen molar-refractivity contribution in [1.29, 1.82) is 0 Å². The summed E-state index contributed by atoms with van der Waals surface area (Å²) in [5.74, 6) is 0.761. The number of anilines is 1. The smallest absolute Gasteiger partial charge is 0.160 e. The predicted molar refractivity (Wildman–Crippen MR) is 108 cm³/mol. The topological polar surface area (TPSA) is 41.6 Å². The SMILES string of the molecule is CN(C)CCOc1cc(NS(=O)c2cc(Cl)c(Cl)s2)ccc1I. The molecular formula is C14H15Cl2IN2O2S2. The highest BCUT2D eigenvalue weighted by Gasteiger charge is 2.12. The van der Waals surface area contributed by atoms with E-state index in [1.165, 1.54) is 11.3 Å². The van der Waals surface area contributed by atoms with Gasteiger partial charge in [-0.3, -0.25) is 0 Å². The molecule has 23 heavy (non-hydrogen) atoms. The molecule has 0 aliphatic rings. The quantitative estimate of drug-likeness (QED) is 0.554. The number of hydrogen-bond donors (Lipinski definition) is 1. The van der Waals surface area contributed by atoms with Gasteiger partial charge in [0.1, 0.15) is 20.9 Å². The maximum Gasteiger partial charge on any atom is 0.160 e. The Labute approximate surface area is 165 Å². The lowest BCUT2D eigenvalue weighted by molar-refractivity contribution is 0.260. The minimum atomic E-state index is -1.42. The van der Waals surface area contributed by atoms with E-state index >= 15 is 0 Å².